The summed E-state index contributed by atoms with van der Waals surface area (Å²) in [5, 5.41) is 3.28. The molecule has 0 unspecified atom stereocenters. The summed E-state index contributed by atoms with van der Waals surface area (Å²) in [6.07, 6.45) is 0.656. The van der Waals surface area contributed by atoms with Crippen LogP contribution in [0.4, 0.5) is 4.79 Å². The molecule has 1 fully saturated rings. The average molecular weight is 281 g/mol. The van der Waals surface area contributed by atoms with Crippen molar-refractivity contribution in [3.8, 4) is 0 Å². The fourth-order valence-electron chi connectivity index (χ4n) is 2.15. The first-order valence-corrected chi connectivity index (χ1v) is 6.72. The number of nitrogens with zero attached hydrogens (tertiary/aromatic N) is 1. The number of nitrogens with one attached hydrogen (secondary N) is 1. The second-order valence-electron chi connectivity index (χ2n) is 5.15. The Morgan fingerprint density at radius 2 is 2.00 bits per heavy atom. The van der Waals surface area contributed by atoms with E-state index in [1.807, 2.05) is 32.0 Å². The van der Waals surface area contributed by atoms with Crippen molar-refractivity contribution in [1.29, 1.82) is 0 Å². The van der Waals surface area contributed by atoms with Crippen LogP contribution in [0, 0.1) is 5.92 Å². The monoisotopic (exact) mass is 280 g/mol. The highest BCUT2D eigenvalue weighted by atomic mass is 35.5. The SMILES string of the molecule is CC(C)C[C@@H]1NC(=O)N(Cc2ccccc2Cl)C1=O. The number of imide groups is 1. The van der Waals surface area contributed by atoms with Crippen LogP contribution in [0.2, 0.25) is 5.02 Å². The lowest BCUT2D eigenvalue weighted by Crippen LogP contribution is -2.31. The maximum Gasteiger partial charge on any atom is 0.325 e. The first-order chi connectivity index (χ1) is 8.99. The number of amides is 3. The lowest BCUT2D eigenvalue weighted by atomic mass is 10.0. The molecule has 5 heteroatoms. The van der Waals surface area contributed by atoms with Crippen molar-refractivity contribution in [3.05, 3.63) is 34.9 Å². The third kappa shape index (κ3) is 3.07. The maximum atomic E-state index is 12.2. The van der Waals surface area contributed by atoms with E-state index in [0.717, 1.165) is 5.56 Å². The number of halogens is 1. The summed E-state index contributed by atoms with van der Waals surface area (Å²) >= 11 is 6.05. The lowest BCUT2D eigenvalue weighted by Gasteiger charge is -2.14. The minimum absolute atomic E-state index is 0.168. The van der Waals surface area contributed by atoms with Gasteiger partial charge < -0.3 is 5.32 Å². The number of hydrogen-bond acceptors (Lipinski definition) is 2. The third-order valence-corrected chi connectivity index (χ3v) is 3.47. The molecular formula is C14H17ClN2O2. The number of hydrogen-bond donors (Lipinski definition) is 1. The van der Waals surface area contributed by atoms with Crippen LogP contribution >= 0.6 is 11.6 Å². The smallest absolute Gasteiger partial charge is 0.325 e. The number of carbonyl (C=O) groups is 2. The molecule has 2 rings (SSSR count). The summed E-state index contributed by atoms with van der Waals surface area (Å²) in [5.74, 6) is 0.188. The van der Waals surface area contributed by atoms with Gasteiger partial charge in [0.1, 0.15) is 6.04 Å². The normalized spacial score (nSPS) is 19.2. The van der Waals surface area contributed by atoms with E-state index in [0.29, 0.717) is 17.4 Å². The second kappa shape index (κ2) is 5.61. The number of urea groups is 1. The molecule has 4 nitrogen and oxygen atoms in total. The van der Waals surface area contributed by atoms with Crippen LogP contribution in [-0.4, -0.2) is 22.9 Å². The molecule has 1 aromatic carbocycles. The summed E-state index contributed by atoms with van der Waals surface area (Å²) in [7, 11) is 0. The largest absolute Gasteiger partial charge is 0.326 e. The van der Waals surface area contributed by atoms with Gasteiger partial charge in [0.15, 0.2) is 0 Å². The molecule has 1 aromatic rings. The zero-order valence-corrected chi connectivity index (χ0v) is 11.8. The standard InChI is InChI=1S/C14H17ClN2O2/c1-9(2)7-12-13(18)17(14(19)16-12)8-10-5-3-4-6-11(10)15/h3-6,9,12H,7-8H2,1-2H3,(H,16,19)/t12-/m0/s1. The zero-order chi connectivity index (χ0) is 14.0. The van der Waals surface area contributed by atoms with Crippen molar-refractivity contribution in [2.45, 2.75) is 32.9 Å². The van der Waals surface area contributed by atoms with Gasteiger partial charge in [-0.3, -0.25) is 9.69 Å². The number of benzene rings is 1. The van der Waals surface area contributed by atoms with Crippen molar-refractivity contribution in [1.82, 2.24) is 10.2 Å². The number of rotatable bonds is 4. The molecule has 1 saturated heterocycles. The van der Waals surface area contributed by atoms with E-state index in [4.69, 9.17) is 11.6 Å². The van der Waals surface area contributed by atoms with Gasteiger partial charge in [-0.05, 0) is 24.0 Å². The molecule has 0 bridgehead atoms. The molecule has 1 aliphatic rings. The van der Waals surface area contributed by atoms with E-state index < -0.39 is 6.04 Å². The fourth-order valence-corrected chi connectivity index (χ4v) is 2.35. The van der Waals surface area contributed by atoms with E-state index in [9.17, 15) is 9.59 Å². The summed E-state index contributed by atoms with van der Waals surface area (Å²) in [6, 6.07) is 6.48. The van der Waals surface area contributed by atoms with Crippen molar-refractivity contribution in [3.63, 3.8) is 0 Å². The van der Waals surface area contributed by atoms with Gasteiger partial charge in [-0.1, -0.05) is 43.6 Å². The van der Waals surface area contributed by atoms with E-state index in [1.54, 1.807) is 6.07 Å². The highest BCUT2D eigenvalue weighted by Crippen LogP contribution is 2.21. The zero-order valence-electron chi connectivity index (χ0n) is 11.0. The maximum absolute atomic E-state index is 12.2. The van der Waals surface area contributed by atoms with Crippen molar-refractivity contribution < 1.29 is 9.59 Å². The highest BCUT2D eigenvalue weighted by Gasteiger charge is 2.38. The molecule has 0 aromatic heterocycles. The molecule has 0 spiro atoms. The minimum Gasteiger partial charge on any atom is -0.326 e. The van der Waals surface area contributed by atoms with Crippen LogP contribution in [0.3, 0.4) is 0 Å². The Balaban J connectivity index is 2.11. The van der Waals surface area contributed by atoms with Gasteiger partial charge in [-0.2, -0.15) is 0 Å². The van der Waals surface area contributed by atoms with E-state index in [2.05, 4.69) is 5.32 Å². The molecule has 0 radical (unpaired) electrons. The van der Waals surface area contributed by atoms with Crippen LogP contribution in [0.1, 0.15) is 25.8 Å². The van der Waals surface area contributed by atoms with Crippen LogP contribution in [0.15, 0.2) is 24.3 Å². The van der Waals surface area contributed by atoms with Crippen LogP contribution in [0.5, 0.6) is 0 Å². The van der Waals surface area contributed by atoms with Crippen LogP contribution in [-0.2, 0) is 11.3 Å². The van der Waals surface area contributed by atoms with Gasteiger partial charge in [0.2, 0.25) is 0 Å². The van der Waals surface area contributed by atoms with E-state index in [1.165, 1.54) is 4.90 Å². The van der Waals surface area contributed by atoms with E-state index in [-0.39, 0.29) is 18.5 Å². The van der Waals surface area contributed by atoms with Crippen LogP contribution in [0.25, 0.3) is 0 Å². The molecule has 3 amide bonds. The summed E-state index contributed by atoms with van der Waals surface area (Å²) < 4.78 is 0. The summed E-state index contributed by atoms with van der Waals surface area (Å²) in [5.41, 5.74) is 0.776. The van der Waals surface area contributed by atoms with Gasteiger partial charge in [0, 0.05) is 5.02 Å². The van der Waals surface area contributed by atoms with E-state index >= 15 is 0 Å². The van der Waals surface area contributed by atoms with Crippen LogP contribution < -0.4 is 5.32 Å². The first kappa shape index (κ1) is 13.9. The Morgan fingerprint density at radius 3 is 2.63 bits per heavy atom. The molecular weight excluding hydrogens is 264 g/mol. The molecule has 1 N–H and O–H groups in total. The molecule has 1 aliphatic heterocycles. The Bertz CT molecular complexity index is 502. The topological polar surface area (TPSA) is 49.4 Å². The van der Waals surface area contributed by atoms with Crippen molar-refractivity contribution >= 4 is 23.5 Å². The fraction of sp³-hybridized carbons (Fsp3) is 0.429. The molecule has 102 valence electrons. The highest BCUT2D eigenvalue weighted by molar-refractivity contribution is 6.31. The summed E-state index contributed by atoms with van der Waals surface area (Å²) in [4.78, 5) is 25.2. The first-order valence-electron chi connectivity index (χ1n) is 6.34. The van der Waals surface area contributed by atoms with Gasteiger partial charge in [0.25, 0.3) is 5.91 Å². The van der Waals surface area contributed by atoms with Gasteiger partial charge in [0.05, 0.1) is 6.54 Å². The van der Waals surface area contributed by atoms with Gasteiger partial charge >= 0.3 is 6.03 Å². The molecule has 1 heterocycles. The Labute approximate surface area is 117 Å². The quantitative estimate of drug-likeness (QED) is 0.862. The number of carbonyl (C=O) groups excluding carboxylic acids is 2. The Morgan fingerprint density at radius 1 is 1.32 bits per heavy atom. The van der Waals surface area contributed by atoms with Crippen molar-refractivity contribution in [2.24, 2.45) is 5.92 Å². The van der Waals surface area contributed by atoms with Crippen molar-refractivity contribution in [2.75, 3.05) is 0 Å². The van der Waals surface area contributed by atoms with Gasteiger partial charge in [-0.15, -0.1) is 0 Å². The second-order valence-corrected chi connectivity index (χ2v) is 5.55. The minimum atomic E-state index is -0.407. The van der Waals surface area contributed by atoms with Gasteiger partial charge in [-0.25, -0.2) is 4.79 Å². The molecule has 0 aliphatic carbocycles. The average Bonchev–Trinajstić information content (AvgIpc) is 2.59. The predicted molar refractivity (Wildman–Crippen MR) is 73.8 cm³/mol. The summed E-state index contributed by atoms with van der Waals surface area (Å²) in [6.45, 7) is 4.27. The Hall–Kier alpha value is -1.55. The molecule has 1 atom stereocenters. The molecule has 0 saturated carbocycles. The third-order valence-electron chi connectivity index (χ3n) is 3.10. The Kier molecular flexibility index (Phi) is 4.10. The predicted octanol–water partition coefficient (Wildman–Crippen LogP) is 2.81. The molecule has 19 heavy (non-hydrogen) atoms. The lowest BCUT2D eigenvalue weighted by molar-refractivity contribution is -0.128.